The van der Waals surface area contributed by atoms with Crippen LogP contribution in [-0.2, 0) is 4.74 Å². The van der Waals surface area contributed by atoms with E-state index in [0.717, 1.165) is 18.4 Å². The van der Waals surface area contributed by atoms with E-state index in [4.69, 9.17) is 4.74 Å². The molecule has 19 heavy (non-hydrogen) atoms. The zero-order valence-corrected chi connectivity index (χ0v) is 11.2. The third kappa shape index (κ3) is 7.24. The van der Waals surface area contributed by atoms with Crippen LogP contribution in [-0.4, -0.2) is 19.2 Å². The number of ether oxygens (including phenoxy) is 1. The lowest BCUT2D eigenvalue weighted by Gasteiger charge is -2.04. The summed E-state index contributed by atoms with van der Waals surface area (Å²) < 4.78 is 17.6. The zero-order chi connectivity index (χ0) is 13.9. The molecule has 0 saturated heterocycles. The predicted octanol–water partition coefficient (Wildman–Crippen LogP) is 3.76. The Morgan fingerprint density at radius 3 is 2.79 bits per heavy atom. The molecule has 0 bridgehead atoms. The first kappa shape index (κ1) is 15.2. The molecule has 0 radical (unpaired) electrons. The van der Waals surface area contributed by atoms with Gasteiger partial charge < -0.3 is 10.1 Å². The monoisotopic (exact) mass is 265 g/mol. The first-order valence-corrected chi connectivity index (χ1v) is 6.55. The second-order valence-electron chi connectivity index (χ2n) is 4.16. The maximum atomic E-state index is 12.7. The summed E-state index contributed by atoms with van der Waals surface area (Å²) in [6.07, 6.45) is 6.03. The SMILES string of the molecule is CCCCNC(=O)OCCC=Cc1ccc(F)cc1. The molecule has 4 heteroatoms. The number of carbonyl (C=O) groups is 1. The van der Waals surface area contributed by atoms with Crippen LogP contribution in [0, 0.1) is 5.82 Å². The van der Waals surface area contributed by atoms with E-state index in [0.29, 0.717) is 19.6 Å². The maximum Gasteiger partial charge on any atom is 0.407 e. The molecule has 0 spiro atoms. The first-order chi connectivity index (χ1) is 9.22. The van der Waals surface area contributed by atoms with Crippen LogP contribution in [0.1, 0.15) is 31.7 Å². The van der Waals surface area contributed by atoms with E-state index in [-0.39, 0.29) is 11.9 Å². The van der Waals surface area contributed by atoms with Gasteiger partial charge in [0.25, 0.3) is 0 Å². The van der Waals surface area contributed by atoms with Crippen molar-refractivity contribution in [1.29, 1.82) is 0 Å². The lowest BCUT2D eigenvalue weighted by atomic mass is 10.2. The number of halogens is 1. The summed E-state index contributed by atoms with van der Waals surface area (Å²) in [5.41, 5.74) is 0.925. The minimum absolute atomic E-state index is 0.246. The zero-order valence-electron chi connectivity index (χ0n) is 11.2. The molecule has 1 N–H and O–H groups in total. The van der Waals surface area contributed by atoms with E-state index < -0.39 is 0 Å². The van der Waals surface area contributed by atoms with Gasteiger partial charge in [-0.15, -0.1) is 0 Å². The molecule has 0 aliphatic heterocycles. The van der Waals surface area contributed by atoms with Crippen molar-refractivity contribution in [3.05, 3.63) is 41.7 Å². The predicted molar refractivity (Wildman–Crippen MR) is 74.3 cm³/mol. The largest absolute Gasteiger partial charge is 0.449 e. The lowest BCUT2D eigenvalue weighted by molar-refractivity contribution is 0.148. The fourth-order valence-corrected chi connectivity index (χ4v) is 1.43. The Labute approximate surface area is 113 Å². The highest BCUT2D eigenvalue weighted by Crippen LogP contribution is 2.05. The Balaban J connectivity index is 2.13. The molecule has 0 fully saturated rings. The molecule has 0 unspecified atom stereocenters. The number of carbonyl (C=O) groups excluding carboxylic acids is 1. The number of alkyl carbamates (subject to hydrolysis) is 1. The topological polar surface area (TPSA) is 38.3 Å². The van der Waals surface area contributed by atoms with Gasteiger partial charge in [-0.1, -0.05) is 37.6 Å². The Morgan fingerprint density at radius 2 is 2.11 bits per heavy atom. The number of hydrogen-bond donors (Lipinski definition) is 1. The summed E-state index contributed by atoms with van der Waals surface area (Å²) in [7, 11) is 0. The van der Waals surface area contributed by atoms with Gasteiger partial charge in [-0.2, -0.15) is 0 Å². The highest BCUT2D eigenvalue weighted by atomic mass is 19.1. The van der Waals surface area contributed by atoms with Crippen LogP contribution in [0.5, 0.6) is 0 Å². The molecule has 1 aromatic rings. The van der Waals surface area contributed by atoms with Crippen molar-refractivity contribution >= 4 is 12.2 Å². The van der Waals surface area contributed by atoms with Gasteiger partial charge in [-0.05, 0) is 30.5 Å². The Morgan fingerprint density at radius 1 is 1.37 bits per heavy atom. The molecule has 104 valence electrons. The van der Waals surface area contributed by atoms with Crippen LogP contribution in [0.4, 0.5) is 9.18 Å². The minimum Gasteiger partial charge on any atom is -0.449 e. The van der Waals surface area contributed by atoms with Gasteiger partial charge in [0.15, 0.2) is 0 Å². The minimum atomic E-state index is -0.372. The highest BCUT2D eigenvalue weighted by Gasteiger charge is 1.98. The van der Waals surface area contributed by atoms with Crippen LogP contribution in [0.3, 0.4) is 0 Å². The third-order valence-corrected chi connectivity index (χ3v) is 2.50. The average Bonchev–Trinajstić information content (AvgIpc) is 2.41. The summed E-state index contributed by atoms with van der Waals surface area (Å²) in [5, 5.41) is 2.67. The molecule has 0 atom stereocenters. The van der Waals surface area contributed by atoms with E-state index in [2.05, 4.69) is 12.2 Å². The molecule has 1 rings (SSSR count). The van der Waals surface area contributed by atoms with Gasteiger partial charge in [0.2, 0.25) is 0 Å². The normalized spacial score (nSPS) is 10.6. The molecule has 3 nitrogen and oxygen atoms in total. The summed E-state index contributed by atoms with van der Waals surface area (Å²) in [5.74, 6) is -0.246. The van der Waals surface area contributed by atoms with Gasteiger partial charge in [-0.3, -0.25) is 0 Å². The van der Waals surface area contributed by atoms with Gasteiger partial charge in [0.05, 0.1) is 6.61 Å². The van der Waals surface area contributed by atoms with Gasteiger partial charge in [0.1, 0.15) is 5.82 Å². The molecule has 1 aromatic carbocycles. The smallest absolute Gasteiger partial charge is 0.407 e. The first-order valence-electron chi connectivity index (χ1n) is 6.55. The second-order valence-corrected chi connectivity index (χ2v) is 4.16. The fourth-order valence-electron chi connectivity index (χ4n) is 1.43. The van der Waals surface area contributed by atoms with E-state index in [9.17, 15) is 9.18 Å². The third-order valence-electron chi connectivity index (χ3n) is 2.50. The van der Waals surface area contributed by atoms with Gasteiger partial charge in [0, 0.05) is 6.54 Å². The Kier molecular flexibility index (Phi) is 7.32. The standard InChI is InChI=1S/C15H20FNO2/c1-2-3-11-17-15(18)19-12-5-4-6-13-7-9-14(16)10-8-13/h4,6-10H,2-3,5,11-12H2,1H3,(H,17,18). The van der Waals surface area contributed by atoms with Crippen molar-refractivity contribution in [2.75, 3.05) is 13.2 Å². The quantitative estimate of drug-likeness (QED) is 0.762. The number of unbranched alkanes of at least 4 members (excludes halogenated alkanes) is 1. The Hall–Kier alpha value is -1.84. The molecular weight excluding hydrogens is 245 g/mol. The van der Waals surface area contributed by atoms with E-state index >= 15 is 0 Å². The van der Waals surface area contributed by atoms with E-state index in [1.165, 1.54) is 12.1 Å². The number of rotatable bonds is 7. The van der Waals surface area contributed by atoms with E-state index in [1.54, 1.807) is 12.1 Å². The molecule has 0 aliphatic carbocycles. The summed E-state index contributed by atoms with van der Waals surface area (Å²) in [6.45, 7) is 3.06. The highest BCUT2D eigenvalue weighted by molar-refractivity contribution is 5.67. The van der Waals surface area contributed by atoms with Crippen LogP contribution in [0.25, 0.3) is 6.08 Å². The van der Waals surface area contributed by atoms with E-state index in [1.807, 2.05) is 12.2 Å². The van der Waals surface area contributed by atoms with Crippen LogP contribution < -0.4 is 5.32 Å². The van der Waals surface area contributed by atoms with Crippen LogP contribution >= 0.6 is 0 Å². The van der Waals surface area contributed by atoms with Crippen molar-refractivity contribution < 1.29 is 13.9 Å². The molecule has 0 aliphatic rings. The summed E-state index contributed by atoms with van der Waals surface area (Å²) in [4.78, 5) is 11.2. The number of amides is 1. The number of benzene rings is 1. The van der Waals surface area contributed by atoms with Gasteiger partial charge in [-0.25, -0.2) is 9.18 Å². The molecular formula is C15H20FNO2. The number of hydrogen-bond acceptors (Lipinski definition) is 2. The summed E-state index contributed by atoms with van der Waals surface area (Å²) >= 11 is 0. The van der Waals surface area contributed by atoms with Crippen molar-refractivity contribution in [2.24, 2.45) is 0 Å². The maximum absolute atomic E-state index is 12.7. The molecule has 0 aromatic heterocycles. The van der Waals surface area contributed by atoms with Crippen molar-refractivity contribution in [3.8, 4) is 0 Å². The van der Waals surface area contributed by atoms with Crippen LogP contribution in [0.15, 0.2) is 30.3 Å². The van der Waals surface area contributed by atoms with Crippen molar-refractivity contribution in [3.63, 3.8) is 0 Å². The lowest BCUT2D eigenvalue weighted by Crippen LogP contribution is -2.25. The molecule has 1 amide bonds. The summed E-state index contributed by atoms with van der Waals surface area (Å²) in [6, 6.07) is 6.23. The Bertz CT molecular complexity index is 401. The van der Waals surface area contributed by atoms with Gasteiger partial charge >= 0.3 is 6.09 Å². The molecule has 0 saturated carbocycles. The second kappa shape index (κ2) is 9.14. The fraction of sp³-hybridized carbons (Fsp3) is 0.400. The van der Waals surface area contributed by atoms with Crippen molar-refractivity contribution in [1.82, 2.24) is 5.32 Å². The van der Waals surface area contributed by atoms with Crippen LogP contribution in [0.2, 0.25) is 0 Å². The van der Waals surface area contributed by atoms with Crippen molar-refractivity contribution in [2.45, 2.75) is 26.2 Å². The average molecular weight is 265 g/mol. The molecule has 0 heterocycles. The number of nitrogens with one attached hydrogen (secondary N) is 1.